The van der Waals surface area contributed by atoms with Crippen LogP contribution in [0.2, 0.25) is 0 Å². The standard InChI is InChI=1S/C23H34N6S/c1-3-24-23(26-12-17-30-21-8-6-5-7-9-21)27-19-20-10-11-25-22(18-20)29-15-13-28(4-2)14-16-29/h5-11,18H,3-4,12-17,19H2,1-2H3,(H2,24,26,27). The molecule has 6 nitrogen and oxygen atoms in total. The molecule has 0 atom stereocenters. The normalized spacial score (nSPS) is 15.3. The predicted molar refractivity (Wildman–Crippen MR) is 129 cm³/mol. The second-order valence-electron chi connectivity index (χ2n) is 7.23. The maximum Gasteiger partial charge on any atom is 0.191 e. The Balaban J connectivity index is 1.50. The van der Waals surface area contributed by atoms with Crippen LogP contribution in [-0.2, 0) is 6.54 Å². The Labute approximate surface area is 185 Å². The van der Waals surface area contributed by atoms with Gasteiger partial charge in [-0.2, -0.15) is 0 Å². The number of rotatable bonds is 9. The summed E-state index contributed by atoms with van der Waals surface area (Å²) < 4.78 is 0. The average Bonchev–Trinajstić information content (AvgIpc) is 2.81. The topological polar surface area (TPSA) is 55.8 Å². The molecular formula is C23H34N6S. The molecule has 1 aromatic heterocycles. The molecule has 7 heteroatoms. The molecule has 0 spiro atoms. The average molecular weight is 427 g/mol. The van der Waals surface area contributed by atoms with Gasteiger partial charge in [-0.1, -0.05) is 25.1 Å². The number of hydrogen-bond donors (Lipinski definition) is 2. The van der Waals surface area contributed by atoms with Gasteiger partial charge in [0.1, 0.15) is 5.82 Å². The highest BCUT2D eigenvalue weighted by Crippen LogP contribution is 2.16. The summed E-state index contributed by atoms with van der Waals surface area (Å²) in [5.41, 5.74) is 1.19. The Morgan fingerprint density at radius 3 is 2.60 bits per heavy atom. The van der Waals surface area contributed by atoms with Gasteiger partial charge in [0.2, 0.25) is 0 Å². The van der Waals surface area contributed by atoms with Gasteiger partial charge in [-0.25, -0.2) is 9.98 Å². The number of benzene rings is 1. The summed E-state index contributed by atoms with van der Waals surface area (Å²) in [6.07, 6.45) is 1.91. The molecular weight excluding hydrogens is 392 g/mol. The molecule has 30 heavy (non-hydrogen) atoms. The Morgan fingerprint density at radius 2 is 1.87 bits per heavy atom. The van der Waals surface area contributed by atoms with Gasteiger partial charge in [-0.3, -0.25) is 0 Å². The summed E-state index contributed by atoms with van der Waals surface area (Å²) in [4.78, 5) is 15.5. The van der Waals surface area contributed by atoms with Crippen LogP contribution in [0.4, 0.5) is 5.82 Å². The summed E-state index contributed by atoms with van der Waals surface area (Å²) in [7, 11) is 0. The highest BCUT2D eigenvalue weighted by Gasteiger charge is 2.16. The molecule has 162 valence electrons. The molecule has 0 unspecified atom stereocenters. The smallest absolute Gasteiger partial charge is 0.191 e. The molecule has 1 aliphatic rings. The molecule has 0 bridgehead atoms. The molecule has 0 aliphatic carbocycles. The highest BCUT2D eigenvalue weighted by atomic mass is 32.2. The number of piperazine rings is 1. The van der Waals surface area contributed by atoms with Crippen LogP contribution in [0, 0.1) is 0 Å². The van der Waals surface area contributed by atoms with Crippen LogP contribution in [0.3, 0.4) is 0 Å². The number of aliphatic imine (C=N–C) groups is 1. The first-order chi connectivity index (χ1) is 14.8. The molecule has 2 aromatic rings. The first-order valence-electron chi connectivity index (χ1n) is 10.9. The predicted octanol–water partition coefficient (Wildman–Crippen LogP) is 3.07. The zero-order valence-corrected chi connectivity index (χ0v) is 19.0. The highest BCUT2D eigenvalue weighted by molar-refractivity contribution is 7.99. The Hall–Kier alpha value is -2.25. The molecule has 2 heterocycles. The summed E-state index contributed by atoms with van der Waals surface area (Å²) in [5.74, 6) is 2.93. The minimum Gasteiger partial charge on any atom is -0.357 e. The number of aromatic nitrogens is 1. The lowest BCUT2D eigenvalue weighted by Gasteiger charge is -2.34. The Bertz CT molecular complexity index is 774. The van der Waals surface area contributed by atoms with Crippen molar-refractivity contribution in [2.24, 2.45) is 4.99 Å². The number of guanidine groups is 1. The summed E-state index contributed by atoms with van der Waals surface area (Å²) in [6, 6.07) is 14.7. The molecule has 0 amide bonds. The third kappa shape index (κ3) is 7.22. The molecule has 2 N–H and O–H groups in total. The first kappa shape index (κ1) is 22.4. The largest absolute Gasteiger partial charge is 0.357 e. The van der Waals surface area contributed by atoms with Gasteiger partial charge in [-0.05, 0) is 43.3 Å². The van der Waals surface area contributed by atoms with Crippen LogP contribution in [0.25, 0.3) is 0 Å². The van der Waals surface area contributed by atoms with Crippen LogP contribution in [0.1, 0.15) is 19.4 Å². The number of hydrogen-bond acceptors (Lipinski definition) is 5. The molecule has 1 aromatic carbocycles. The van der Waals surface area contributed by atoms with Crippen molar-refractivity contribution < 1.29 is 0 Å². The van der Waals surface area contributed by atoms with E-state index in [1.807, 2.05) is 24.0 Å². The molecule has 1 saturated heterocycles. The van der Waals surface area contributed by atoms with Crippen LogP contribution in [0.5, 0.6) is 0 Å². The SMILES string of the molecule is CCNC(=NCc1ccnc(N2CCN(CC)CC2)c1)NCCSc1ccccc1. The van der Waals surface area contributed by atoms with Crippen LogP contribution >= 0.6 is 11.8 Å². The van der Waals surface area contributed by atoms with Crippen LogP contribution in [0.15, 0.2) is 58.5 Å². The van der Waals surface area contributed by atoms with E-state index in [1.165, 1.54) is 10.5 Å². The third-order valence-electron chi connectivity index (χ3n) is 5.12. The lowest BCUT2D eigenvalue weighted by molar-refractivity contribution is 0.270. The number of pyridine rings is 1. The van der Waals surface area contributed by atoms with Crippen molar-refractivity contribution in [2.75, 3.05) is 56.5 Å². The van der Waals surface area contributed by atoms with E-state index < -0.39 is 0 Å². The number of nitrogens with one attached hydrogen (secondary N) is 2. The number of nitrogens with zero attached hydrogens (tertiary/aromatic N) is 4. The fourth-order valence-corrected chi connectivity index (χ4v) is 4.18. The van der Waals surface area contributed by atoms with E-state index in [4.69, 9.17) is 4.99 Å². The van der Waals surface area contributed by atoms with Crippen molar-refractivity contribution in [2.45, 2.75) is 25.3 Å². The molecule has 3 rings (SSSR count). The van der Waals surface area contributed by atoms with Gasteiger partial charge in [0.25, 0.3) is 0 Å². The fourth-order valence-electron chi connectivity index (χ4n) is 3.39. The van der Waals surface area contributed by atoms with Gasteiger partial charge in [0, 0.05) is 56.1 Å². The van der Waals surface area contributed by atoms with Crippen molar-refractivity contribution in [1.82, 2.24) is 20.5 Å². The maximum absolute atomic E-state index is 4.77. The van der Waals surface area contributed by atoms with Crippen molar-refractivity contribution in [3.63, 3.8) is 0 Å². The summed E-state index contributed by atoms with van der Waals surface area (Å²) in [6.45, 7) is 12.1. The van der Waals surface area contributed by atoms with Crippen molar-refractivity contribution >= 4 is 23.5 Å². The zero-order valence-electron chi connectivity index (χ0n) is 18.2. The van der Waals surface area contributed by atoms with Crippen molar-refractivity contribution in [3.8, 4) is 0 Å². The molecule has 1 fully saturated rings. The maximum atomic E-state index is 4.77. The Morgan fingerprint density at radius 1 is 1.07 bits per heavy atom. The minimum absolute atomic E-state index is 0.644. The lowest BCUT2D eigenvalue weighted by Crippen LogP contribution is -2.46. The van der Waals surface area contributed by atoms with E-state index in [9.17, 15) is 0 Å². The Kier molecular flexibility index (Phi) is 9.31. The third-order valence-corrected chi connectivity index (χ3v) is 6.14. The molecule has 0 radical (unpaired) electrons. The van der Waals surface area contributed by atoms with Crippen molar-refractivity contribution in [1.29, 1.82) is 0 Å². The van der Waals surface area contributed by atoms with Gasteiger partial charge in [-0.15, -0.1) is 11.8 Å². The van der Waals surface area contributed by atoms with E-state index in [-0.39, 0.29) is 0 Å². The van der Waals surface area contributed by atoms with Crippen LogP contribution in [-0.4, -0.2) is 67.4 Å². The molecule has 1 aliphatic heterocycles. The monoisotopic (exact) mass is 426 g/mol. The second-order valence-corrected chi connectivity index (χ2v) is 8.40. The van der Waals surface area contributed by atoms with Gasteiger partial charge in [0.15, 0.2) is 5.96 Å². The fraction of sp³-hybridized carbons (Fsp3) is 0.478. The van der Waals surface area contributed by atoms with Gasteiger partial charge in [0.05, 0.1) is 6.54 Å². The number of thioether (sulfide) groups is 1. The van der Waals surface area contributed by atoms with Crippen molar-refractivity contribution in [3.05, 3.63) is 54.2 Å². The quantitative estimate of drug-likeness (QED) is 0.278. The van der Waals surface area contributed by atoms with E-state index >= 15 is 0 Å². The van der Waals surface area contributed by atoms with Gasteiger partial charge < -0.3 is 20.4 Å². The van der Waals surface area contributed by atoms with E-state index in [2.05, 4.69) is 75.7 Å². The molecule has 0 saturated carbocycles. The lowest BCUT2D eigenvalue weighted by atomic mass is 10.2. The van der Waals surface area contributed by atoms with Crippen LogP contribution < -0.4 is 15.5 Å². The summed E-state index contributed by atoms with van der Waals surface area (Å²) in [5, 5.41) is 6.78. The van der Waals surface area contributed by atoms with E-state index in [0.29, 0.717) is 6.54 Å². The van der Waals surface area contributed by atoms with E-state index in [1.54, 1.807) is 0 Å². The zero-order chi connectivity index (χ0) is 21.0. The minimum atomic E-state index is 0.644. The first-order valence-corrected chi connectivity index (χ1v) is 11.9. The number of likely N-dealkylation sites (N-methyl/N-ethyl adjacent to an activating group) is 1. The number of anilines is 1. The summed E-state index contributed by atoms with van der Waals surface area (Å²) >= 11 is 1.85. The second kappa shape index (κ2) is 12.4. The van der Waals surface area contributed by atoms with Gasteiger partial charge >= 0.3 is 0 Å². The van der Waals surface area contributed by atoms with E-state index in [0.717, 1.165) is 63.3 Å².